The molecule has 0 atom stereocenters. The smallest absolute Gasteiger partial charge is 0.200 e. The fourth-order valence-corrected chi connectivity index (χ4v) is 4.11. The van der Waals surface area contributed by atoms with Gasteiger partial charge >= 0.3 is 0 Å². The summed E-state index contributed by atoms with van der Waals surface area (Å²) in [5.74, 6) is -1.58. The van der Waals surface area contributed by atoms with E-state index in [1.807, 2.05) is 0 Å². The monoisotopic (exact) mass is 414 g/mol. The van der Waals surface area contributed by atoms with Gasteiger partial charge in [0.15, 0.2) is 11.6 Å². The molecule has 2 rings (SSSR count). The first-order valence-corrected chi connectivity index (χ1v) is 11.1. The molecule has 164 valence electrons. The lowest BCUT2D eigenvalue weighted by Gasteiger charge is -2.29. The van der Waals surface area contributed by atoms with Gasteiger partial charge < -0.3 is 4.74 Å². The summed E-state index contributed by atoms with van der Waals surface area (Å²) in [6, 6.07) is 3.22. The van der Waals surface area contributed by atoms with E-state index in [1.165, 1.54) is 6.08 Å². The molecule has 0 radical (unpaired) electrons. The topological polar surface area (TPSA) is 9.23 Å². The predicted molar refractivity (Wildman–Crippen MR) is 110 cm³/mol. The molecule has 0 N–H and O–H groups in total. The van der Waals surface area contributed by atoms with Crippen LogP contribution in [0.1, 0.15) is 89.0 Å². The Bertz CT molecular complexity index is 636. The molecule has 0 saturated heterocycles. The Morgan fingerprint density at radius 3 is 2.52 bits per heavy atom. The van der Waals surface area contributed by atoms with Crippen LogP contribution in [0.3, 0.4) is 0 Å². The summed E-state index contributed by atoms with van der Waals surface area (Å²) >= 11 is 0. The maximum Gasteiger partial charge on any atom is 0.200 e. The highest BCUT2D eigenvalue weighted by atomic mass is 19.2. The predicted octanol–water partition coefficient (Wildman–Crippen LogP) is 8.19. The molecule has 1 nitrogen and oxygen atoms in total. The van der Waals surface area contributed by atoms with Gasteiger partial charge in [-0.3, -0.25) is 4.39 Å². The van der Waals surface area contributed by atoms with E-state index in [-0.39, 0.29) is 23.9 Å². The van der Waals surface area contributed by atoms with Gasteiger partial charge in [0.1, 0.15) is 0 Å². The first-order valence-electron chi connectivity index (χ1n) is 11.1. The number of halogens is 4. The molecule has 0 spiro atoms. The lowest BCUT2D eigenvalue weighted by atomic mass is 9.77. The summed E-state index contributed by atoms with van der Waals surface area (Å²) in [6.07, 6.45) is 10.3. The summed E-state index contributed by atoms with van der Waals surface area (Å²) < 4.78 is 59.7. The van der Waals surface area contributed by atoms with Crippen molar-refractivity contribution >= 4 is 0 Å². The first kappa shape index (κ1) is 23.8. The molecule has 1 aromatic carbocycles. The molecular weight excluding hydrogens is 380 g/mol. The summed E-state index contributed by atoms with van der Waals surface area (Å²) in [6.45, 7) is 1.85. The number of allylic oxidation sites excluding steroid dienone is 2. The Hall–Kier alpha value is -1.52. The van der Waals surface area contributed by atoms with Crippen LogP contribution in [-0.4, -0.2) is 13.3 Å². The zero-order valence-corrected chi connectivity index (χ0v) is 17.5. The summed E-state index contributed by atoms with van der Waals surface area (Å²) in [5.41, 5.74) is 0.438. The standard InChI is InChI=1S/C24H34F4O/c1-2-3-4-5-17-29-22-14-13-21(23(27)24(22)28)19-11-9-18(10-12-19)7-6-8-20(26)15-16-25/h8,13-14,18-19H,2-7,9-12,15-17H2,1H3/b20-8-. The molecule has 0 amide bonds. The SMILES string of the molecule is CCCCCCOc1ccc(C2CCC(CC/C=C(\F)CCF)CC2)c(F)c1F. The minimum absolute atomic E-state index is 0.00136. The molecule has 1 fully saturated rings. The number of alkyl halides is 1. The van der Waals surface area contributed by atoms with Crippen LogP contribution >= 0.6 is 0 Å². The van der Waals surface area contributed by atoms with Crippen LogP contribution in [0.4, 0.5) is 17.6 Å². The minimum atomic E-state index is -0.881. The fraction of sp³-hybridized carbons (Fsp3) is 0.667. The van der Waals surface area contributed by atoms with E-state index in [2.05, 4.69) is 6.92 Å². The molecule has 0 unspecified atom stereocenters. The Labute approximate surface area is 172 Å². The molecule has 5 heteroatoms. The molecule has 0 bridgehead atoms. The van der Waals surface area contributed by atoms with Gasteiger partial charge in [0, 0.05) is 6.42 Å². The average molecular weight is 415 g/mol. The van der Waals surface area contributed by atoms with Crippen LogP contribution in [0.15, 0.2) is 24.0 Å². The highest BCUT2D eigenvalue weighted by Gasteiger charge is 2.26. The van der Waals surface area contributed by atoms with Crippen LogP contribution in [0.5, 0.6) is 5.75 Å². The largest absolute Gasteiger partial charge is 0.490 e. The summed E-state index contributed by atoms with van der Waals surface area (Å²) in [7, 11) is 0. The number of hydrogen-bond acceptors (Lipinski definition) is 1. The maximum atomic E-state index is 14.6. The normalized spacial score (nSPS) is 20.1. The van der Waals surface area contributed by atoms with Crippen molar-refractivity contribution in [1.82, 2.24) is 0 Å². The molecule has 0 aromatic heterocycles. The quantitative estimate of drug-likeness (QED) is 0.247. The van der Waals surface area contributed by atoms with Crippen LogP contribution in [0, 0.1) is 17.6 Å². The lowest BCUT2D eigenvalue weighted by Crippen LogP contribution is -2.15. The van der Waals surface area contributed by atoms with E-state index >= 15 is 0 Å². The van der Waals surface area contributed by atoms with Gasteiger partial charge in [0.2, 0.25) is 5.82 Å². The number of hydrogen-bond donors (Lipinski definition) is 0. The van der Waals surface area contributed by atoms with E-state index in [0.29, 0.717) is 24.5 Å². The van der Waals surface area contributed by atoms with Gasteiger partial charge in [0.05, 0.1) is 19.1 Å². The number of unbranched alkanes of at least 4 members (excludes halogenated alkanes) is 3. The van der Waals surface area contributed by atoms with E-state index in [1.54, 1.807) is 12.1 Å². The van der Waals surface area contributed by atoms with Crippen molar-refractivity contribution < 1.29 is 22.3 Å². The van der Waals surface area contributed by atoms with E-state index in [0.717, 1.165) is 57.8 Å². The molecule has 1 saturated carbocycles. The van der Waals surface area contributed by atoms with Gasteiger partial charge in [-0.05, 0) is 68.4 Å². The first-order chi connectivity index (χ1) is 14.1. The second-order valence-electron chi connectivity index (χ2n) is 8.07. The van der Waals surface area contributed by atoms with Crippen molar-refractivity contribution in [1.29, 1.82) is 0 Å². The zero-order valence-electron chi connectivity index (χ0n) is 17.5. The van der Waals surface area contributed by atoms with Gasteiger partial charge in [-0.15, -0.1) is 0 Å². The third-order valence-corrected chi connectivity index (χ3v) is 5.89. The lowest BCUT2D eigenvalue weighted by molar-refractivity contribution is 0.280. The van der Waals surface area contributed by atoms with Gasteiger partial charge in [-0.2, -0.15) is 4.39 Å². The fourth-order valence-electron chi connectivity index (χ4n) is 4.11. The molecule has 1 aliphatic rings. The summed E-state index contributed by atoms with van der Waals surface area (Å²) in [5, 5.41) is 0. The summed E-state index contributed by atoms with van der Waals surface area (Å²) in [4.78, 5) is 0. The Morgan fingerprint density at radius 1 is 1.07 bits per heavy atom. The maximum absolute atomic E-state index is 14.6. The molecule has 0 heterocycles. The number of ether oxygens (including phenoxy) is 1. The highest BCUT2D eigenvalue weighted by molar-refractivity contribution is 5.33. The van der Waals surface area contributed by atoms with Crippen LogP contribution < -0.4 is 4.74 Å². The molecule has 1 aromatic rings. The van der Waals surface area contributed by atoms with Crippen LogP contribution in [-0.2, 0) is 0 Å². The molecule has 29 heavy (non-hydrogen) atoms. The van der Waals surface area contributed by atoms with Gasteiger partial charge in [0.25, 0.3) is 0 Å². The minimum Gasteiger partial charge on any atom is -0.490 e. The van der Waals surface area contributed by atoms with Crippen LogP contribution in [0.2, 0.25) is 0 Å². The van der Waals surface area contributed by atoms with Gasteiger partial charge in [-0.1, -0.05) is 38.3 Å². The van der Waals surface area contributed by atoms with E-state index < -0.39 is 18.3 Å². The van der Waals surface area contributed by atoms with Crippen molar-refractivity contribution in [3.8, 4) is 5.75 Å². The molecular formula is C24H34F4O. The third kappa shape index (κ3) is 7.67. The van der Waals surface area contributed by atoms with Crippen molar-refractivity contribution in [2.75, 3.05) is 13.3 Å². The Kier molecular flexibility index (Phi) is 10.6. The van der Waals surface area contributed by atoms with Gasteiger partial charge in [-0.25, -0.2) is 8.78 Å². The Balaban J connectivity index is 1.82. The number of benzene rings is 1. The highest BCUT2D eigenvalue weighted by Crippen LogP contribution is 2.40. The Morgan fingerprint density at radius 2 is 1.83 bits per heavy atom. The average Bonchev–Trinajstić information content (AvgIpc) is 2.72. The van der Waals surface area contributed by atoms with Crippen molar-refractivity contribution in [3.63, 3.8) is 0 Å². The third-order valence-electron chi connectivity index (χ3n) is 5.89. The zero-order chi connectivity index (χ0) is 21.1. The van der Waals surface area contributed by atoms with Crippen molar-refractivity contribution in [3.05, 3.63) is 41.2 Å². The number of rotatable bonds is 12. The van der Waals surface area contributed by atoms with Crippen molar-refractivity contribution in [2.24, 2.45) is 5.92 Å². The van der Waals surface area contributed by atoms with E-state index in [4.69, 9.17) is 4.74 Å². The van der Waals surface area contributed by atoms with E-state index in [9.17, 15) is 17.6 Å². The second kappa shape index (κ2) is 12.9. The van der Waals surface area contributed by atoms with Crippen LogP contribution in [0.25, 0.3) is 0 Å². The second-order valence-corrected chi connectivity index (χ2v) is 8.07. The molecule has 0 aliphatic heterocycles. The molecule has 1 aliphatic carbocycles. The van der Waals surface area contributed by atoms with Crippen molar-refractivity contribution in [2.45, 2.75) is 83.5 Å².